The van der Waals surface area contributed by atoms with Crippen molar-refractivity contribution in [3.8, 4) is 0 Å². The highest BCUT2D eigenvalue weighted by atomic mass is 16.2. The van der Waals surface area contributed by atoms with Crippen LogP contribution >= 0.6 is 0 Å². The molecule has 1 atom stereocenters. The largest absolute Gasteiger partial charge is 0.385 e. The van der Waals surface area contributed by atoms with Crippen LogP contribution in [0.25, 0.3) is 0 Å². The summed E-state index contributed by atoms with van der Waals surface area (Å²) < 4.78 is 0. The van der Waals surface area contributed by atoms with Crippen molar-refractivity contribution in [3.05, 3.63) is 29.8 Å². The number of para-hydroxylation sites is 1. The highest BCUT2D eigenvalue weighted by Gasteiger charge is 2.31. The van der Waals surface area contributed by atoms with Crippen molar-refractivity contribution in [2.75, 3.05) is 18.4 Å². The minimum atomic E-state index is 0.00796. The van der Waals surface area contributed by atoms with Crippen molar-refractivity contribution in [1.82, 2.24) is 4.90 Å². The van der Waals surface area contributed by atoms with Crippen LogP contribution in [-0.4, -0.2) is 29.9 Å². The fourth-order valence-electron chi connectivity index (χ4n) is 2.87. The number of carbonyl (C=O) groups excluding carboxylic acids is 1. The Labute approximate surface area is 122 Å². The molecule has 20 heavy (non-hydrogen) atoms. The minimum Gasteiger partial charge on any atom is -0.385 e. The van der Waals surface area contributed by atoms with Gasteiger partial charge in [-0.05, 0) is 37.8 Å². The minimum absolute atomic E-state index is 0.00796. The van der Waals surface area contributed by atoms with Gasteiger partial charge in [-0.3, -0.25) is 4.79 Å². The fraction of sp³-hybridized carbons (Fsp3) is 0.588. The lowest BCUT2D eigenvalue weighted by Gasteiger charge is -2.34. The van der Waals surface area contributed by atoms with Gasteiger partial charge in [0.25, 0.3) is 0 Å². The van der Waals surface area contributed by atoms with Crippen LogP contribution in [0.2, 0.25) is 0 Å². The van der Waals surface area contributed by atoms with Gasteiger partial charge in [-0.1, -0.05) is 32.0 Å². The first kappa shape index (κ1) is 14.9. The van der Waals surface area contributed by atoms with E-state index in [2.05, 4.69) is 45.1 Å². The maximum atomic E-state index is 12.9. The van der Waals surface area contributed by atoms with Gasteiger partial charge in [0.15, 0.2) is 0 Å². The zero-order chi connectivity index (χ0) is 14.7. The molecule has 3 nitrogen and oxygen atoms in total. The number of nitrogens with one attached hydrogen (secondary N) is 1. The number of amides is 1. The molecule has 1 amide bonds. The quantitative estimate of drug-likeness (QED) is 0.911. The Morgan fingerprint density at radius 2 is 2.00 bits per heavy atom. The molecule has 1 aromatic rings. The number of anilines is 1. The molecule has 110 valence electrons. The maximum Gasteiger partial charge on any atom is 0.230 e. The topological polar surface area (TPSA) is 32.3 Å². The molecule has 3 heteroatoms. The molecule has 0 fully saturated rings. The van der Waals surface area contributed by atoms with Crippen molar-refractivity contribution in [2.24, 2.45) is 5.92 Å². The van der Waals surface area contributed by atoms with Crippen LogP contribution in [0.1, 0.15) is 45.6 Å². The number of carbonyl (C=O) groups is 1. The van der Waals surface area contributed by atoms with Gasteiger partial charge in [-0.15, -0.1) is 0 Å². The molecule has 2 rings (SSSR count). The molecule has 0 aromatic heterocycles. The van der Waals surface area contributed by atoms with E-state index in [1.165, 1.54) is 0 Å². The first-order valence-electron chi connectivity index (χ1n) is 7.64. The SMILES string of the molecule is CC(C)CN(C(=O)C1CCNc2ccccc21)C(C)C. The van der Waals surface area contributed by atoms with Crippen molar-refractivity contribution in [2.45, 2.75) is 46.1 Å². The zero-order valence-corrected chi connectivity index (χ0v) is 13.0. The van der Waals surface area contributed by atoms with Crippen LogP contribution in [-0.2, 0) is 4.79 Å². The molecular weight excluding hydrogens is 248 g/mol. The van der Waals surface area contributed by atoms with Gasteiger partial charge in [0, 0.05) is 24.8 Å². The van der Waals surface area contributed by atoms with Gasteiger partial charge in [0.1, 0.15) is 0 Å². The Balaban J connectivity index is 2.24. The van der Waals surface area contributed by atoms with Gasteiger partial charge in [-0.2, -0.15) is 0 Å². The lowest BCUT2D eigenvalue weighted by atomic mass is 9.89. The van der Waals surface area contributed by atoms with Crippen molar-refractivity contribution in [3.63, 3.8) is 0 Å². The molecule has 0 spiro atoms. The zero-order valence-electron chi connectivity index (χ0n) is 13.0. The number of hydrogen-bond donors (Lipinski definition) is 1. The summed E-state index contributed by atoms with van der Waals surface area (Å²) in [6.07, 6.45) is 0.886. The average molecular weight is 274 g/mol. The van der Waals surface area contributed by atoms with Gasteiger partial charge in [0.05, 0.1) is 5.92 Å². The molecule has 0 radical (unpaired) electrons. The molecule has 1 heterocycles. The van der Waals surface area contributed by atoms with E-state index >= 15 is 0 Å². The molecule has 0 saturated carbocycles. The summed E-state index contributed by atoms with van der Waals surface area (Å²) in [5.74, 6) is 0.787. The molecule has 0 bridgehead atoms. The lowest BCUT2D eigenvalue weighted by Crippen LogP contribution is -2.43. The van der Waals surface area contributed by atoms with Gasteiger partial charge >= 0.3 is 0 Å². The summed E-state index contributed by atoms with van der Waals surface area (Å²) in [4.78, 5) is 15.0. The number of benzene rings is 1. The molecule has 1 aliphatic heterocycles. The van der Waals surface area contributed by atoms with E-state index in [9.17, 15) is 4.79 Å². The second-order valence-corrected chi connectivity index (χ2v) is 6.33. The predicted octanol–water partition coefficient (Wildman–Crippen LogP) is 3.48. The summed E-state index contributed by atoms with van der Waals surface area (Å²) in [6, 6.07) is 8.45. The second-order valence-electron chi connectivity index (χ2n) is 6.33. The monoisotopic (exact) mass is 274 g/mol. The van der Waals surface area contributed by atoms with Crippen LogP contribution < -0.4 is 5.32 Å². The van der Waals surface area contributed by atoms with E-state index in [1.54, 1.807) is 0 Å². The molecule has 1 aromatic carbocycles. The van der Waals surface area contributed by atoms with E-state index in [-0.39, 0.29) is 17.9 Å². The third-order valence-corrected chi connectivity index (χ3v) is 3.85. The van der Waals surface area contributed by atoms with E-state index in [1.807, 2.05) is 17.0 Å². The number of rotatable bonds is 4. The predicted molar refractivity (Wildman–Crippen MR) is 84.0 cm³/mol. The Bertz CT molecular complexity index is 468. The Hall–Kier alpha value is -1.51. The van der Waals surface area contributed by atoms with Gasteiger partial charge in [0.2, 0.25) is 5.91 Å². The van der Waals surface area contributed by atoms with Crippen LogP contribution in [0.4, 0.5) is 5.69 Å². The Morgan fingerprint density at radius 1 is 1.30 bits per heavy atom. The summed E-state index contributed by atoms with van der Waals surface area (Å²) in [6.45, 7) is 10.3. The lowest BCUT2D eigenvalue weighted by molar-refractivity contribution is -0.135. The number of fused-ring (bicyclic) bond motifs is 1. The van der Waals surface area contributed by atoms with Crippen molar-refractivity contribution in [1.29, 1.82) is 0 Å². The first-order valence-corrected chi connectivity index (χ1v) is 7.64. The van der Waals surface area contributed by atoms with Crippen LogP contribution in [0.15, 0.2) is 24.3 Å². The van der Waals surface area contributed by atoms with Gasteiger partial charge < -0.3 is 10.2 Å². The Kier molecular flexibility index (Phi) is 4.69. The Morgan fingerprint density at radius 3 is 2.65 bits per heavy atom. The van der Waals surface area contributed by atoms with Crippen molar-refractivity contribution >= 4 is 11.6 Å². The normalized spacial score (nSPS) is 17.8. The highest BCUT2D eigenvalue weighted by molar-refractivity contribution is 5.86. The summed E-state index contributed by atoms with van der Waals surface area (Å²) in [5.41, 5.74) is 2.27. The van der Waals surface area contributed by atoms with E-state index < -0.39 is 0 Å². The van der Waals surface area contributed by atoms with Crippen LogP contribution in [0.3, 0.4) is 0 Å². The maximum absolute atomic E-state index is 12.9. The highest BCUT2D eigenvalue weighted by Crippen LogP contribution is 2.33. The third-order valence-electron chi connectivity index (χ3n) is 3.85. The van der Waals surface area contributed by atoms with Crippen LogP contribution in [0.5, 0.6) is 0 Å². The van der Waals surface area contributed by atoms with Crippen LogP contribution in [0, 0.1) is 5.92 Å². The molecule has 0 aliphatic carbocycles. The molecular formula is C17H26N2O. The standard InChI is InChI=1S/C17H26N2O/c1-12(2)11-19(13(3)4)17(20)15-9-10-18-16-8-6-5-7-14(15)16/h5-8,12-13,15,18H,9-11H2,1-4H3. The molecule has 1 unspecified atom stereocenters. The third kappa shape index (κ3) is 3.14. The van der Waals surface area contributed by atoms with Crippen molar-refractivity contribution < 1.29 is 4.79 Å². The summed E-state index contributed by atoms with van der Waals surface area (Å²) in [7, 11) is 0. The summed E-state index contributed by atoms with van der Waals surface area (Å²) >= 11 is 0. The first-order chi connectivity index (χ1) is 9.50. The average Bonchev–Trinajstić information content (AvgIpc) is 2.43. The molecule has 1 N–H and O–H groups in total. The number of hydrogen-bond acceptors (Lipinski definition) is 2. The van der Waals surface area contributed by atoms with E-state index in [4.69, 9.17) is 0 Å². The van der Waals surface area contributed by atoms with E-state index in [0.717, 1.165) is 30.8 Å². The fourth-order valence-corrected chi connectivity index (χ4v) is 2.87. The molecule has 1 aliphatic rings. The number of nitrogens with zero attached hydrogens (tertiary/aromatic N) is 1. The van der Waals surface area contributed by atoms with E-state index in [0.29, 0.717) is 5.92 Å². The van der Waals surface area contributed by atoms with Gasteiger partial charge in [-0.25, -0.2) is 0 Å². The molecule has 0 saturated heterocycles. The second kappa shape index (κ2) is 6.29. The smallest absolute Gasteiger partial charge is 0.230 e. The summed E-state index contributed by atoms with van der Waals surface area (Å²) in [5, 5.41) is 3.39.